The lowest BCUT2D eigenvalue weighted by atomic mass is 10.1. The molecular weight excluding hydrogens is 348 g/mol. The molecule has 0 N–H and O–H groups in total. The normalized spacial score (nSPS) is 24.6. The molecule has 3 aliphatic heterocycles. The van der Waals surface area contributed by atoms with Crippen molar-refractivity contribution in [2.45, 2.75) is 32.5 Å². The van der Waals surface area contributed by atoms with Gasteiger partial charge in [-0.2, -0.15) is 0 Å². The van der Waals surface area contributed by atoms with Gasteiger partial charge in [0.1, 0.15) is 5.75 Å². The molecule has 3 heterocycles. The molecule has 8 nitrogen and oxygen atoms in total. The lowest BCUT2D eigenvalue weighted by molar-refractivity contribution is -0.385. The quantitative estimate of drug-likeness (QED) is 0.572. The Hall–Kier alpha value is -1.74. The molecule has 148 valence electrons. The molecule has 0 unspecified atom stereocenters. The second-order valence-corrected chi connectivity index (χ2v) is 7.61. The van der Waals surface area contributed by atoms with Crippen LogP contribution >= 0.6 is 0 Å². The summed E-state index contributed by atoms with van der Waals surface area (Å²) in [7, 11) is 0. The van der Waals surface area contributed by atoms with Crippen molar-refractivity contribution in [2.24, 2.45) is 0 Å². The Morgan fingerprint density at radius 1 is 1.19 bits per heavy atom. The van der Waals surface area contributed by atoms with Crippen molar-refractivity contribution < 1.29 is 14.4 Å². The van der Waals surface area contributed by atoms with Gasteiger partial charge in [0.05, 0.1) is 11.5 Å². The number of rotatable bonds is 5. The van der Waals surface area contributed by atoms with E-state index in [2.05, 4.69) is 21.6 Å². The van der Waals surface area contributed by atoms with E-state index in [1.165, 1.54) is 0 Å². The van der Waals surface area contributed by atoms with Crippen molar-refractivity contribution in [3.63, 3.8) is 0 Å². The lowest BCUT2D eigenvalue weighted by Gasteiger charge is -2.37. The molecule has 2 fully saturated rings. The van der Waals surface area contributed by atoms with Crippen LogP contribution in [0.15, 0.2) is 12.1 Å². The SMILES string of the molecule is CCN1CCN([C@H]2CCN(Cc3cc([N+](=O)[O-])cc4c3OCOC4)C2)CC1. The van der Waals surface area contributed by atoms with Crippen molar-refractivity contribution in [3.8, 4) is 5.75 Å². The van der Waals surface area contributed by atoms with Gasteiger partial charge < -0.3 is 14.4 Å². The van der Waals surface area contributed by atoms with Gasteiger partial charge in [-0.05, 0) is 13.0 Å². The van der Waals surface area contributed by atoms with Crippen molar-refractivity contribution in [3.05, 3.63) is 33.4 Å². The topological polar surface area (TPSA) is 71.3 Å². The molecule has 0 saturated carbocycles. The first-order valence-electron chi connectivity index (χ1n) is 9.83. The number of hydrogen-bond donors (Lipinski definition) is 0. The predicted octanol–water partition coefficient (Wildman–Crippen LogP) is 1.67. The zero-order chi connectivity index (χ0) is 18.8. The number of piperazine rings is 1. The minimum atomic E-state index is -0.335. The minimum Gasteiger partial charge on any atom is -0.467 e. The van der Waals surface area contributed by atoms with Crippen LogP contribution < -0.4 is 4.74 Å². The van der Waals surface area contributed by atoms with Crippen LogP contribution in [0, 0.1) is 10.1 Å². The van der Waals surface area contributed by atoms with Gasteiger partial charge in [-0.3, -0.25) is 19.9 Å². The minimum absolute atomic E-state index is 0.115. The van der Waals surface area contributed by atoms with Crippen molar-refractivity contribution in [2.75, 3.05) is 52.6 Å². The summed E-state index contributed by atoms with van der Waals surface area (Å²) in [4.78, 5) is 18.5. The summed E-state index contributed by atoms with van der Waals surface area (Å²) in [6.07, 6.45) is 1.16. The van der Waals surface area contributed by atoms with Crippen LogP contribution in [-0.4, -0.2) is 78.3 Å². The van der Waals surface area contributed by atoms with Gasteiger partial charge in [0.15, 0.2) is 6.79 Å². The van der Waals surface area contributed by atoms with Crippen LogP contribution in [-0.2, 0) is 17.9 Å². The number of benzene rings is 1. The van der Waals surface area contributed by atoms with E-state index in [-0.39, 0.29) is 17.4 Å². The highest BCUT2D eigenvalue weighted by molar-refractivity contribution is 5.50. The fraction of sp³-hybridized carbons (Fsp3) is 0.684. The molecule has 1 aromatic rings. The van der Waals surface area contributed by atoms with Gasteiger partial charge in [0.2, 0.25) is 0 Å². The first kappa shape index (κ1) is 18.6. The Balaban J connectivity index is 1.42. The van der Waals surface area contributed by atoms with Crippen LogP contribution in [0.3, 0.4) is 0 Å². The van der Waals surface area contributed by atoms with Crippen LogP contribution in [0.2, 0.25) is 0 Å². The summed E-state index contributed by atoms with van der Waals surface area (Å²) in [6.45, 7) is 11.2. The Bertz CT molecular complexity index is 691. The average Bonchev–Trinajstić information content (AvgIpc) is 3.16. The van der Waals surface area contributed by atoms with E-state index < -0.39 is 0 Å². The average molecular weight is 376 g/mol. The van der Waals surface area contributed by atoms with Crippen LogP contribution in [0.4, 0.5) is 5.69 Å². The number of likely N-dealkylation sites (tertiary alicyclic amines) is 1. The smallest absolute Gasteiger partial charge is 0.270 e. The zero-order valence-corrected chi connectivity index (χ0v) is 15.9. The van der Waals surface area contributed by atoms with Gasteiger partial charge in [0, 0.05) is 75.1 Å². The molecule has 8 heteroatoms. The summed E-state index contributed by atoms with van der Waals surface area (Å²) in [6, 6.07) is 3.82. The number of nitrogens with zero attached hydrogens (tertiary/aromatic N) is 4. The summed E-state index contributed by atoms with van der Waals surface area (Å²) >= 11 is 0. The molecule has 3 aliphatic rings. The Kier molecular flexibility index (Phi) is 5.58. The van der Waals surface area contributed by atoms with Crippen LogP contribution in [0.5, 0.6) is 5.75 Å². The van der Waals surface area contributed by atoms with Crippen molar-refractivity contribution in [1.82, 2.24) is 14.7 Å². The zero-order valence-electron chi connectivity index (χ0n) is 15.9. The monoisotopic (exact) mass is 376 g/mol. The highest BCUT2D eigenvalue weighted by Crippen LogP contribution is 2.34. The molecule has 0 bridgehead atoms. The maximum atomic E-state index is 11.3. The number of hydrogen-bond acceptors (Lipinski definition) is 7. The number of fused-ring (bicyclic) bond motifs is 1. The molecule has 1 atom stereocenters. The number of nitro groups is 1. The first-order valence-corrected chi connectivity index (χ1v) is 9.83. The standard InChI is InChI=1S/C19H28N4O4/c1-2-20-5-7-22(8-6-20)17-3-4-21(12-17)11-15-9-18(23(24)25)10-16-13-26-14-27-19(15)16/h9-10,17H,2-8,11-14H2,1H3/t17-/m0/s1. The van der Waals surface area contributed by atoms with E-state index >= 15 is 0 Å². The Morgan fingerprint density at radius 2 is 2.00 bits per heavy atom. The van der Waals surface area contributed by atoms with Crippen molar-refractivity contribution in [1.29, 1.82) is 0 Å². The molecule has 1 aromatic carbocycles. The van der Waals surface area contributed by atoms with Gasteiger partial charge in [0.25, 0.3) is 5.69 Å². The molecule has 2 saturated heterocycles. The molecule has 0 radical (unpaired) electrons. The molecule has 0 aromatic heterocycles. The summed E-state index contributed by atoms with van der Waals surface area (Å²) < 4.78 is 11.0. The van der Waals surface area contributed by atoms with E-state index in [1.54, 1.807) is 12.1 Å². The third-order valence-corrected chi connectivity index (χ3v) is 5.99. The van der Waals surface area contributed by atoms with Gasteiger partial charge in [-0.15, -0.1) is 0 Å². The number of nitro benzene ring substituents is 1. The van der Waals surface area contributed by atoms with E-state index in [0.29, 0.717) is 19.2 Å². The summed E-state index contributed by atoms with van der Waals surface area (Å²) in [5, 5.41) is 11.3. The third kappa shape index (κ3) is 4.08. The summed E-state index contributed by atoms with van der Waals surface area (Å²) in [5.41, 5.74) is 1.79. The largest absolute Gasteiger partial charge is 0.467 e. The summed E-state index contributed by atoms with van der Waals surface area (Å²) in [5.74, 6) is 0.770. The lowest BCUT2D eigenvalue weighted by Crippen LogP contribution is -2.50. The second-order valence-electron chi connectivity index (χ2n) is 7.61. The molecule has 0 aliphatic carbocycles. The van der Waals surface area contributed by atoms with Crippen molar-refractivity contribution >= 4 is 5.69 Å². The highest BCUT2D eigenvalue weighted by atomic mass is 16.7. The number of non-ortho nitro benzene ring substituents is 1. The second kappa shape index (κ2) is 8.10. The van der Waals surface area contributed by atoms with E-state index in [0.717, 1.165) is 69.1 Å². The number of ether oxygens (including phenoxy) is 2. The molecule has 0 amide bonds. The van der Waals surface area contributed by atoms with Gasteiger partial charge in [-0.25, -0.2) is 0 Å². The highest BCUT2D eigenvalue weighted by Gasteiger charge is 2.31. The maximum absolute atomic E-state index is 11.3. The predicted molar refractivity (Wildman–Crippen MR) is 101 cm³/mol. The van der Waals surface area contributed by atoms with Crippen LogP contribution in [0.1, 0.15) is 24.5 Å². The number of likely N-dealkylation sites (N-methyl/N-ethyl adjacent to an activating group) is 1. The Labute approximate surface area is 159 Å². The van der Waals surface area contributed by atoms with E-state index in [9.17, 15) is 10.1 Å². The first-order chi connectivity index (χ1) is 13.1. The van der Waals surface area contributed by atoms with Gasteiger partial charge >= 0.3 is 0 Å². The maximum Gasteiger partial charge on any atom is 0.270 e. The molecular formula is C19H28N4O4. The molecule has 0 spiro atoms. The third-order valence-electron chi connectivity index (χ3n) is 5.99. The van der Waals surface area contributed by atoms with E-state index in [1.807, 2.05) is 0 Å². The Morgan fingerprint density at radius 3 is 2.74 bits per heavy atom. The fourth-order valence-corrected chi connectivity index (χ4v) is 4.44. The van der Waals surface area contributed by atoms with Gasteiger partial charge in [-0.1, -0.05) is 6.92 Å². The molecule has 27 heavy (non-hydrogen) atoms. The molecule has 4 rings (SSSR count). The fourth-order valence-electron chi connectivity index (χ4n) is 4.44. The van der Waals surface area contributed by atoms with E-state index in [4.69, 9.17) is 9.47 Å². The van der Waals surface area contributed by atoms with Crippen LogP contribution in [0.25, 0.3) is 0 Å².